The number of rotatable bonds is 18. The zero-order valence-corrected chi connectivity index (χ0v) is 43.7. The van der Waals surface area contributed by atoms with Crippen molar-refractivity contribution >= 4 is 75.6 Å². The molecule has 2 aromatic carbocycles. The number of imidazole rings is 1. The Bertz CT molecular complexity index is 2770. The maximum atomic E-state index is 14.9. The molecule has 2 aromatic heterocycles. The Labute approximate surface area is 450 Å². The minimum absolute atomic E-state index is 0.0160. The highest BCUT2D eigenvalue weighted by atomic mass is 19.1. The van der Waals surface area contributed by atoms with E-state index in [4.69, 9.17) is 28.7 Å². The van der Waals surface area contributed by atoms with Gasteiger partial charge < -0.3 is 65.2 Å². The van der Waals surface area contributed by atoms with Gasteiger partial charge in [0.25, 0.3) is 0 Å². The van der Waals surface area contributed by atoms with Gasteiger partial charge in [0.05, 0.1) is 12.4 Å². The minimum Gasteiger partial charge on any atom is -0.370 e. The summed E-state index contributed by atoms with van der Waals surface area (Å²) in [6, 6.07) is 5.96. The van der Waals surface area contributed by atoms with Crippen LogP contribution in [0.15, 0.2) is 77.2 Å². The summed E-state index contributed by atoms with van der Waals surface area (Å²) in [5, 5.41) is 14.3. The summed E-state index contributed by atoms with van der Waals surface area (Å²) in [5.41, 5.74) is 30.2. The van der Waals surface area contributed by atoms with Crippen LogP contribution in [-0.2, 0) is 62.4 Å². The molecule has 0 saturated carbocycles. The molecule has 5 rings (SSSR count). The Kier molecular flexibility index (Phi) is 23.4. The molecule has 1 saturated heterocycles. The summed E-state index contributed by atoms with van der Waals surface area (Å²) in [4.78, 5) is 144. The number of amides is 6. The first-order valence-electron chi connectivity index (χ1n) is 26.0. The van der Waals surface area contributed by atoms with Gasteiger partial charge >= 0.3 is 0 Å². The van der Waals surface area contributed by atoms with Crippen molar-refractivity contribution in [3.8, 4) is 0 Å². The van der Waals surface area contributed by atoms with E-state index in [9.17, 15) is 47.5 Å². The average Bonchev–Trinajstić information content (AvgIpc) is 4.07. The molecule has 0 bridgehead atoms. The van der Waals surface area contributed by atoms with Crippen molar-refractivity contribution in [3.05, 3.63) is 89.9 Å². The number of nitrogens with zero attached hydrogens (tertiary/aromatic N) is 3. The van der Waals surface area contributed by atoms with Gasteiger partial charge in [-0.3, -0.25) is 53.1 Å². The molecular formula is C53H72FN15O9. The summed E-state index contributed by atoms with van der Waals surface area (Å²) < 4.78 is 14.2. The Balaban J connectivity index is 1.55. The van der Waals surface area contributed by atoms with Crippen LogP contribution in [0.1, 0.15) is 101 Å². The van der Waals surface area contributed by atoms with E-state index in [0.29, 0.717) is 16.8 Å². The van der Waals surface area contributed by atoms with Crippen molar-refractivity contribution in [2.24, 2.45) is 50.5 Å². The Morgan fingerprint density at radius 3 is 2.12 bits per heavy atom. The molecule has 1 fully saturated rings. The summed E-state index contributed by atoms with van der Waals surface area (Å²) >= 11 is 0. The van der Waals surface area contributed by atoms with E-state index < -0.39 is 108 Å². The van der Waals surface area contributed by atoms with Gasteiger partial charge in [-0.25, -0.2) is 9.37 Å². The van der Waals surface area contributed by atoms with Crippen molar-refractivity contribution in [1.29, 1.82) is 0 Å². The van der Waals surface area contributed by atoms with E-state index >= 15 is 0 Å². The number of guanidine groups is 2. The van der Waals surface area contributed by atoms with E-state index in [1.807, 2.05) is 24.3 Å². The lowest BCUT2D eigenvalue weighted by molar-refractivity contribution is -0.135. The highest BCUT2D eigenvalue weighted by molar-refractivity contribution is 5.98. The molecule has 0 aliphatic carbocycles. The average molecular weight is 1080 g/mol. The number of aliphatic imine (C=N–C) groups is 2. The number of benzene rings is 2. The molecule has 0 radical (unpaired) electrons. The molecule has 420 valence electrons. The first-order valence-corrected chi connectivity index (χ1v) is 26.0. The molecule has 1 aliphatic heterocycles. The number of aromatic amines is 2. The molecule has 25 heteroatoms. The van der Waals surface area contributed by atoms with Crippen molar-refractivity contribution in [1.82, 2.24) is 41.5 Å². The number of para-hydroxylation sites is 1. The third kappa shape index (κ3) is 19.9. The highest BCUT2D eigenvalue weighted by Crippen LogP contribution is 2.26. The zero-order valence-electron chi connectivity index (χ0n) is 43.7. The van der Waals surface area contributed by atoms with Gasteiger partial charge in [-0.15, -0.1) is 0 Å². The van der Waals surface area contributed by atoms with Crippen LogP contribution in [0.4, 0.5) is 4.39 Å². The van der Waals surface area contributed by atoms with Gasteiger partial charge in [-0.05, 0) is 87.1 Å². The van der Waals surface area contributed by atoms with Gasteiger partial charge in [0.2, 0.25) is 35.4 Å². The number of Topliss-reactive ketones (excluding diaryl/α,β-unsaturated/α-hetero) is 3. The second kappa shape index (κ2) is 30.3. The maximum Gasteiger partial charge on any atom is 0.243 e. The highest BCUT2D eigenvalue weighted by Gasteiger charge is 2.35. The summed E-state index contributed by atoms with van der Waals surface area (Å²) in [6.45, 7) is 1.43. The molecule has 24 nitrogen and oxygen atoms in total. The lowest BCUT2D eigenvalue weighted by atomic mass is 9.83. The molecule has 0 unspecified atom stereocenters. The Morgan fingerprint density at radius 1 is 0.744 bits per heavy atom. The van der Waals surface area contributed by atoms with Crippen molar-refractivity contribution in [2.75, 3.05) is 13.1 Å². The van der Waals surface area contributed by atoms with Crippen LogP contribution in [0.5, 0.6) is 0 Å². The number of halogens is 1. The fourth-order valence-electron chi connectivity index (χ4n) is 9.25. The van der Waals surface area contributed by atoms with Crippen LogP contribution in [0, 0.1) is 17.7 Å². The number of primary amides is 1. The number of carbonyl (C=O) groups excluding carboxylic acids is 9. The SMILES string of the molecule is CC(=O)N[C@H](CCCN=C(N)N)C(=O)N[C@H]1CCCCC(=O)CC[C@@H](C(N)=O)NC(=O)[C@H](Cc2c[nH]c3ccccc23)CC(=O)[C@H](CCCN=C(N)N)CC(=O)[C@@H](Cc2ccc(F)cc2)NC(=O)[C@H](Cc2cnc[nH]2)NC1=O. The first-order chi connectivity index (χ1) is 37.3. The number of hydrogen-bond donors (Lipinski definition) is 12. The number of hydrogen-bond acceptors (Lipinski definition) is 12. The van der Waals surface area contributed by atoms with Crippen LogP contribution < -0.4 is 55.3 Å². The number of fused-ring (bicyclic) bond motifs is 1. The largest absolute Gasteiger partial charge is 0.370 e. The molecule has 6 amide bonds. The van der Waals surface area contributed by atoms with Gasteiger partial charge in [-0.1, -0.05) is 36.8 Å². The standard InChI is InChI=1S/C53H72FN15O9/c1-30(70)65-41(13-7-21-62-53(58)59)49(76)67-42-12-4-2-9-37(71)18-19-40(47(55)74)66-48(75)33(23-34-27-63-39-11-5-3-10-38(34)39)25-45(72)32(8-6-20-61-52(56)57)24-46(73)43(22-31-14-16-35(54)17-15-31)68-51(78)44(69-50(42)77)26-36-28-60-29-64-36/h3,5,10-11,14-17,27-29,32-33,40-44,63H,2,4,6-9,12-13,18-26H2,1H3,(H2,55,74)(H,60,64)(H,65,70)(H,66,75)(H,67,76)(H,68,78)(H,69,77)(H4,56,57,61)(H4,58,59,62)/t32-,33-,40+,41-,42+,43-,44+/m1/s1. The number of carbonyl (C=O) groups is 9. The van der Waals surface area contributed by atoms with Crippen molar-refractivity contribution < 1.29 is 47.5 Å². The summed E-state index contributed by atoms with van der Waals surface area (Å²) in [7, 11) is 0. The predicted octanol–water partition coefficient (Wildman–Crippen LogP) is 0.168. The third-order valence-corrected chi connectivity index (χ3v) is 13.4. The maximum absolute atomic E-state index is 14.9. The first kappa shape index (κ1) is 60.4. The van der Waals surface area contributed by atoms with Gasteiger partial charge in [0.1, 0.15) is 41.6 Å². The van der Waals surface area contributed by atoms with Crippen LogP contribution in [0.25, 0.3) is 10.9 Å². The normalized spacial score (nSPS) is 21.1. The van der Waals surface area contributed by atoms with Crippen molar-refractivity contribution in [3.63, 3.8) is 0 Å². The monoisotopic (exact) mass is 1080 g/mol. The number of nitrogens with one attached hydrogen (secondary N) is 7. The van der Waals surface area contributed by atoms with Crippen LogP contribution >= 0.6 is 0 Å². The van der Waals surface area contributed by atoms with Crippen LogP contribution in [0.2, 0.25) is 0 Å². The molecule has 3 heterocycles. The van der Waals surface area contributed by atoms with Gasteiger partial charge in [-0.2, -0.15) is 0 Å². The van der Waals surface area contributed by atoms with Gasteiger partial charge in [0.15, 0.2) is 17.7 Å². The summed E-state index contributed by atoms with van der Waals surface area (Å²) in [6.07, 6.45) is 3.81. The predicted molar refractivity (Wildman–Crippen MR) is 288 cm³/mol. The zero-order chi connectivity index (χ0) is 56.7. The minimum atomic E-state index is -1.44. The fourth-order valence-corrected chi connectivity index (χ4v) is 9.25. The van der Waals surface area contributed by atoms with E-state index in [2.05, 4.69) is 51.5 Å². The number of nitrogens with two attached hydrogens (primary N) is 5. The van der Waals surface area contributed by atoms with Crippen LogP contribution in [0.3, 0.4) is 0 Å². The lowest BCUT2D eigenvalue weighted by Crippen LogP contribution is -2.58. The molecule has 17 N–H and O–H groups in total. The third-order valence-electron chi connectivity index (χ3n) is 13.4. The van der Waals surface area contributed by atoms with Crippen molar-refractivity contribution in [2.45, 2.75) is 133 Å². The second-order valence-corrected chi connectivity index (χ2v) is 19.5. The molecule has 4 aromatic rings. The van der Waals surface area contributed by atoms with Gasteiger partial charge in [0, 0.05) is 92.9 Å². The topological polar surface area (TPSA) is 413 Å². The van der Waals surface area contributed by atoms with E-state index in [0.717, 1.165) is 10.9 Å². The number of ketones is 3. The number of H-pyrrole nitrogens is 2. The fraction of sp³-hybridized carbons (Fsp3) is 0.472. The molecule has 1 aliphatic rings. The quantitative estimate of drug-likeness (QED) is 0.0359. The smallest absolute Gasteiger partial charge is 0.243 e. The molecule has 78 heavy (non-hydrogen) atoms. The molecular weight excluding hydrogens is 1010 g/mol. The number of aromatic nitrogens is 3. The molecule has 7 atom stereocenters. The Hall–Kier alpha value is -8.51. The van der Waals surface area contributed by atoms with E-state index in [1.165, 1.54) is 43.7 Å². The molecule has 0 spiro atoms. The second-order valence-electron chi connectivity index (χ2n) is 19.5. The van der Waals surface area contributed by atoms with Crippen LogP contribution in [-0.4, -0.2) is 123 Å². The summed E-state index contributed by atoms with van der Waals surface area (Å²) in [5.74, 6) is -9.11. The van der Waals surface area contributed by atoms with E-state index in [-0.39, 0.29) is 114 Å². The Morgan fingerprint density at radius 2 is 1.44 bits per heavy atom. The van der Waals surface area contributed by atoms with E-state index in [1.54, 1.807) is 6.20 Å². The lowest BCUT2D eigenvalue weighted by Gasteiger charge is -2.27.